The predicted molar refractivity (Wildman–Crippen MR) is 214 cm³/mol. The van der Waals surface area contributed by atoms with Crippen LogP contribution >= 0.6 is 0 Å². The van der Waals surface area contributed by atoms with Gasteiger partial charge in [-0.25, -0.2) is 0 Å². The number of rotatable bonds is 37. The Morgan fingerprint density at radius 1 is 0.569 bits per heavy atom. The van der Waals surface area contributed by atoms with Crippen molar-refractivity contribution in [3.05, 3.63) is 36.5 Å². The van der Waals surface area contributed by atoms with E-state index in [-0.39, 0.29) is 25.2 Å². The Bertz CT molecular complexity index is 893. The highest BCUT2D eigenvalue weighted by atomic mass is 16.6. The monoisotopic (exact) mass is 717 g/mol. The summed E-state index contributed by atoms with van der Waals surface area (Å²) in [5.41, 5.74) is 0. The van der Waals surface area contributed by atoms with Crippen LogP contribution in [0.4, 0.5) is 0 Å². The summed E-state index contributed by atoms with van der Waals surface area (Å²) in [6.07, 6.45) is 45.2. The standard InChI is InChI=1S/C45H80O6/c1-4-5-6-7-8-17-21-24-29-34-42-43(51-42)35-30-26-27-32-37-45(48)50-39-41(46)38-49-44(47)36-31-25-22-19-16-14-12-10-9-11-13-15-18-20-23-28-33-40(2)3/h8,17,24,26,29-30,40-43,46H,4-7,9-16,18-23,25,27-28,31-39H2,1-3H3/b17-8-,29-24-,30-26-/t41-,42?,43?/m0/s1. The van der Waals surface area contributed by atoms with E-state index in [1.54, 1.807) is 0 Å². The number of carbonyl (C=O) groups excluding carboxylic acids is 2. The van der Waals surface area contributed by atoms with Crippen LogP contribution in [0.5, 0.6) is 0 Å². The van der Waals surface area contributed by atoms with Crippen LogP contribution in [-0.2, 0) is 23.8 Å². The van der Waals surface area contributed by atoms with Crippen LogP contribution in [0.15, 0.2) is 36.5 Å². The number of unbranched alkanes of at least 4 members (excludes halogenated alkanes) is 19. The maximum absolute atomic E-state index is 12.0. The first-order valence-electron chi connectivity index (χ1n) is 21.5. The van der Waals surface area contributed by atoms with Crippen LogP contribution < -0.4 is 0 Å². The first kappa shape index (κ1) is 47.1. The topological polar surface area (TPSA) is 85.4 Å². The van der Waals surface area contributed by atoms with Crippen molar-refractivity contribution in [3.63, 3.8) is 0 Å². The van der Waals surface area contributed by atoms with E-state index in [9.17, 15) is 14.7 Å². The molecule has 1 fully saturated rings. The molecule has 2 unspecified atom stereocenters. The van der Waals surface area contributed by atoms with Crippen LogP contribution in [0.2, 0.25) is 0 Å². The van der Waals surface area contributed by atoms with E-state index in [1.807, 2.05) is 0 Å². The first-order valence-corrected chi connectivity index (χ1v) is 21.5. The molecular weight excluding hydrogens is 636 g/mol. The van der Waals surface area contributed by atoms with Gasteiger partial charge in [0.2, 0.25) is 0 Å². The molecule has 3 atom stereocenters. The van der Waals surface area contributed by atoms with Gasteiger partial charge in [-0.2, -0.15) is 0 Å². The molecule has 51 heavy (non-hydrogen) atoms. The molecule has 0 radical (unpaired) electrons. The summed E-state index contributed by atoms with van der Waals surface area (Å²) in [4.78, 5) is 24.0. The third-order valence-electron chi connectivity index (χ3n) is 9.71. The average Bonchev–Trinajstić information content (AvgIpc) is 3.87. The second kappa shape index (κ2) is 35.1. The smallest absolute Gasteiger partial charge is 0.305 e. The Morgan fingerprint density at radius 3 is 1.53 bits per heavy atom. The van der Waals surface area contributed by atoms with Crippen LogP contribution in [0, 0.1) is 5.92 Å². The maximum atomic E-state index is 12.0. The minimum Gasteiger partial charge on any atom is -0.463 e. The third-order valence-corrected chi connectivity index (χ3v) is 9.71. The molecular formula is C45H80O6. The number of carbonyl (C=O) groups is 2. The van der Waals surface area contributed by atoms with Gasteiger partial charge in [0, 0.05) is 12.8 Å². The number of esters is 2. The molecule has 1 aliphatic rings. The number of aliphatic hydroxyl groups excluding tert-OH is 1. The Balaban J connectivity index is 1.84. The second-order valence-corrected chi connectivity index (χ2v) is 15.3. The fraction of sp³-hybridized carbons (Fsp3) is 0.822. The maximum Gasteiger partial charge on any atom is 0.305 e. The summed E-state index contributed by atoms with van der Waals surface area (Å²) in [5.74, 6) is 0.225. The van der Waals surface area contributed by atoms with Crippen LogP contribution in [-0.4, -0.2) is 48.6 Å². The molecule has 0 spiro atoms. The van der Waals surface area contributed by atoms with Gasteiger partial charge in [0.05, 0.1) is 12.2 Å². The van der Waals surface area contributed by atoms with Crippen LogP contribution in [0.3, 0.4) is 0 Å². The highest BCUT2D eigenvalue weighted by Gasteiger charge is 2.35. The van der Waals surface area contributed by atoms with E-state index in [1.165, 1.54) is 116 Å². The van der Waals surface area contributed by atoms with Gasteiger partial charge in [-0.15, -0.1) is 0 Å². The molecule has 6 nitrogen and oxygen atoms in total. The normalized spacial score (nSPS) is 16.6. The Kier molecular flexibility index (Phi) is 32.4. The number of hydrogen-bond acceptors (Lipinski definition) is 6. The summed E-state index contributed by atoms with van der Waals surface area (Å²) in [6, 6.07) is 0. The SMILES string of the molecule is CCCCC/C=C\C/C=C\CC1OC1C/C=C\CCCC(=O)OC[C@@H](O)COC(=O)CCCCCCCCCCCCCCCCCCC(C)C. The fourth-order valence-electron chi connectivity index (χ4n) is 6.31. The largest absolute Gasteiger partial charge is 0.463 e. The zero-order chi connectivity index (χ0) is 37.0. The molecule has 1 rings (SSSR count). The molecule has 0 aliphatic carbocycles. The highest BCUT2D eigenvalue weighted by Crippen LogP contribution is 2.29. The van der Waals surface area contributed by atoms with Gasteiger partial charge in [-0.05, 0) is 57.3 Å². The molecule has 1 heterocycles. The third kappa shape index (κ3) is 33.7. The minimum atomic E-state index is -0.990. The lowest BCUT2D eigenvalue weighted by atomic mass is 10.0. The van der Waals surface area contributed by atoms with Crippen LogP contribution in [0.25, 0.3) is 0 Å². The summed E-state index contributed by atoms with van der Waals surface area (Å²) in [6.45, 7) is 6.59. The van der Waals surface area contributed by atoms with Gasteiger partial charge in [0.15, 0.2) is 0 Å². The number of ether oxygens (including phenoxy) is 3. The molecule has 0 aromatic rings. The zero-order valence-corrected chi connectivity index (χ0v) is 33.5. The summed E-state index contributed by atoms with van der Waals surface area (Å²) in [7, 11) is 0. The number of hydrogen-bond donors (Lipinski definition) is 1. The molecule has 0 saturated carbocycles. The lowest BCUT2D eigenvalue weighted by Gasteiger charge is -2.12. The number of epoxide rings is 1. The molecule has 0 aromatic carbocycles. The molecule has 0 bridgehead atoms. The highest BCUT2D eigenvalue weighted by molar-refractivity contribution is 5.69. The van der Waals surface area contributed by atoms with Gasteiger partial charge in [0.1, 0.15) is 19.3 Å². The summed E-state index contributed by atoms with van der Waals surface area (Å²) < 4.78 is 16.1. The van der Waals surface area contributed by atoms with Crippen molar-refractivity contribution in [1.82, 2.24) is 0 Å². The van der Waals surface area contributed by atoms with Crippen molar-refractivity contribution in [1.29, 1.82) is 0 Å². The van der Waals surface area contributed by atoms with Crippen LogP contribution in [0.1, 0.15) is 201 Å². The summed E-state index contributed by atoms with van der Waals surface area (Å²) in [5, 5.41) is 10.0. The number of aliphatic hydroxyl groups is 1. The van der Waals surface area contributed by atoms with Crippen molar-refractivity contribution in [2.24, 2.45) is 5.92 Å². The Morgan fingerprint density at radius 2 is 1.00 bits per heavy atom. The van der Waals surface area contributed by atoms with E-state index in [2.05, 4.69) is 57.2 Å². The van der Waals surface area contributed by atoms with E-state index in [0.717, 1.165) is 50.9 Å². The Labute approximate surface area is 314 Å². The second-order valence-electron chi connectivity index (χ2n) is 15.3. The lowest BCUT2D eigenvalue weighted by Crippen LogP contribution is -2.25. The van der Waals surface area contributed by atoms with Crippen molar-refractivity contribution in [3.8, 4) is 0 Å². The predicted octanol–water partition coefficient (Wildman–Crippen LogP) is 12.5. The zero-order valence-electron chi connectivity index (χ0n) is 33.5. The van der Waals surface area contributed by atoms with E-state index >= 15 is 0 Å². The fourth-order valence-corrected chi connectivity index (χ4v) is 6.31. The lowest BCUT2D eigenvalue weighted by molar-refractivity contribution is -0.152. The van der Waals surface area contributed by atoms with Crippen molar-refractivity contribution >= 4 is 11.9 Å². The van der Waals surface area contributed by atoms with Crippen molar-refractivity contribution in [2.45, 2.75) is 219 Å². The van der Waals surface area contributed by atoms with Crippen molar-refractivity contribution in [2.75, 3.05) is 13.2 Å². The summed E-state index contributed by atoms with van der Waals surface area (Å²) >= 11 is 0. The minimum absolute atomic E-state index is 0.135. The van der Waals surface area contributed by atoms with E-state index < -0.39 is 6.10 Å². The van der Waals surface area contributed by atoms with Crippen molar-refractivity contribution < 1.29 is 28.9 Å². The molecule has 6 heteroatoms. The van der Waals surface area contributed by atoms with Gasteiger partial charge < -0.3 is 19.3 Å². The first-order chi connectivity index (χ1) is 24.9. The van der Waals surface area contributed by atoms with Gasteiger partial charge in [0.25, 0.3) is 0 Å². The number of allylic oxidation sites excluding steroid dienone is 4. The van der Waals surface area contributed by atoms with E-state index in [4.69, 9.17) is 14.2 Å². The molecule has 1 saturated heterocycles. The van der Waals surface area contributed by atoms with Gasteiger partial charge in [-0.3, -0.25) is 9.59 Å². The molecule has 1 N–H and O–H groups in total. The van der Waals surface area contributed by atoms with Gasteiger partial charge in [-0.1, -0.05) is 173 Å². The Hall–Kier alpha value is -1.92. The molecule has 1 aliphatic heterocycles. The quantitative estimate of drug-likeness (QED) is 0.0298. The molecule has 0 amide bonds. The molecule has 296 valence electrons. The van der Waals surface area contributed by atoms with E-state index in [0.29, 0.717) is 31.5 Å². The molecule has 0 aromatic heterocycles. The average molecular weight is 717 g/mol. The van der Waals surface area contributed by atoms with Gasteiger partial charge >= 0.3 is 11.9 Å².